The predicted octanol–water partition coefficient (Wildman–Crippen LogP) is 2.31. The molecule has 0 bridgehead atoms. The van der Waals surface area contributed by atoms with Crippen LogP contribution in [-0.2, 0) is 0 Å². The number of thioether (sulfide) groups is 1. The van der Waals surface area contributed by atoms with Gasteiger partial charge in [0.05, 0.1) is 0 Å². The minimum Gasteiger partial charge on any atom is -0.351 e. The van der Waals surface area contributed by atoms with Crippen molar-refractivity contribution in [1.29, 1.82) is 0 Å². The molecular formula is C12H15NOS. The Hall–Kier alpha value is -0.960. The lowest BCUT2D eigenvalue weighted by atomic mass is 10.2. The Kier molecular flexibility index (Phi) is 3.67. The lowest BCUT2D eigenvalue weighted by Crippen LogP contribution is -2.29. The van der Waals surface area contributed by atoms with E-state index < -0.39 is 0 Å². The molecule has 0 saturated carbocycles. The smallest absolute Gasteiger partial charge is 0.251 e. The van der Waals surface area contributed by atoms with Crippen molar-refractivity contribution in [2.45, 2.75) is 18.1 Å². The molecule has 1 aromatic rings. The maximum Gasteiger partial charge on any atom is 0.251 e. The van der Waals surface area contributed by atoms with Gasteiger partial charge in [-0.3, -0.25) is 4.79 Å². The predicted molar refractivity (Wildman–Crippen MR) is 64.3 cm³/mol. The SMILES string of the molecule is O=C(NC[C@H]1CCCS1)c1ccccc1. The normalized spacial score (nSPS) is 20.1. The van der Waals surface area contributed by atoms with Crippen LogP contribution in [0.2, 0.25) is 0 Å². The van der Waals surface area contributed by atoms with Gasteiger partial charge in [0.15, 0.2) is 0 Å². The lowest BCUT2D eigenvalue weighted by molar-refractivity contribution is 0.0953. The molecular weight excluding hydrogens is 206 g/mol. The van der Waals surface area contributed by atoms with E-state index >= 15 is 0 Å². The molecule has 2 rings (SSSR count). The van der Waals surface area contributed by atoms with Crippen molar-refractivity contribution in [3.05, 3.63) is 35.9 Å². The zero-order chi connectivity index (χ0) is 10.5. The molecule has 2 nitrogen and oxygen atoms in total. The van der Waals surface area contributed by atoms with E-state index in [9.17, 15) is 4.79 Å². The molecule has 1 atom stereocenters. The second kappa shape index (κ2) is 5.21. The highest BCUT2D eigenvalue weighted by atomic mass is 32.2. The van der Waals surface area contributed by atoms with Gasteiger partial charge in [-0.15, -0.1) is 0 Å². The molecule has 1 fully saturated rings. The highest BCUT2D eigenvalue weighted by molar-refractivity contribution is 8.00. The van der Waals surface area contributed by atoms with Crippen molar-refractivity contribution in [3.63, 3.8) is 0 Å². The number of rotatable bonds is 3. The first kappa shape index (κ1) is 10.6. The first-order chi connectivity index (χ1) is 7.36. The van der Waals surface area contributed by atoms with Crippen LogP contribution < -0.4 is 5.32 Å². The van der Waals surface area contributed by atoms with Gasteiger partial charge in [-0.1, -0.05) is 18.2 Å². The first-order valence-corrected chi connectivity index (χ1v) is 6.36. The molecule has 1 saturated heterocycles. The summed E-state index contributed by atoms with van der Waals surface area (Å²) in [5, 5.41) is 3.60. The molecule has 1 N–H and O–H groups in total. The molecule has 1 aliphatic heterocycles. The second-order valence-corrected chi connectivity index (χ2v) is 5.12. The van der Waals surface area contributed by atoms with Crippen LogP contribution in [0.15, 0.2) is 30.3 Å². The number of carbonyl (C=O) groups is 1. The largest absolute Gasteiger partial charge is 0.351 e. The zero-order valence-electron chi connectivity index (χ0n) is 8.61. The number of hydrogen-bond acceptors (Lipinski definition) is 2. The van der Waals surface area contributed by atoms with E-state index in [1.807, 2.05) is 42.1 Å². The molecule has 0 aliphatic carbocycles. The van der Waals surface area contributed by atoms with Gasteiger partial charge in [0, 0.05) is 17.4 Å². The summed E-state index contributed by atoms with van der Waals surface area (Å²) in [6.07, 6.45) is 2.52. The highest BCUT2D eigenvalue weighted by Crippen LogP contribution is 2.25. The maximum atomic E-state index is 11.7. The fourth-order valence-electron chi connectivity index (χ4n) is 1.70. The second-order valence-electron chi connectivity index (χ2n) is 3.71. The van der Waals surface area contributed by atoms with Crippen molar-refractivity contribution >= 4 is 17.7 Å². The molecule has 0 radical (unpaired) electrons. The van der Waals surface area contributed by atoms with E-state index in [2.05, 4.69) is 5.32 Å². The van der Waals surface area contributed by atoms with E-state index in [0.29, 0.717) is 5.25 Å². The monoisotopic (exact) mass is 221 g/mol. The molecule has 1 heterocycles. The van der Waals surface area contributed by atoms with E-state index in [1.54, 1.807) is 0 Å². The third-order valence-corrected chi connectivity index (χ3v) is 3.95. The van der Waals surface area contributed by atoms with Crippen molar-refractivity contribution in [2.75, 3.05) is 12.3 Å². The van der Waals surface area contributed by atoms with E-state index in [0.717, 1.165) is 12.1 Å². The van der Waals surface area contributed by atoms with Crippen LogP contribution in [0.5, 0.6) is 0 Å². The first-order valence-electron chi connectivity index (χ1n) is 5.31. The van der Waals surface area contributed by atoms with Crippen LogP contribution in [0.3, 0.4) is 0 Å². The van der Waals surface area contributed by atoms with Crippen LogP contribution in [-0.4, -0.2) is 23.5 Å². The fourth-order valence-corrected chi connectivity index (χ4v) is 2.90. The van der Waals surface area contributed by atoms with Crippen LogP contribution in [0.25, 0.3) is 0 Å². The van der Waals surface area contributed by atoms with Gasteiger partial charge in [-0.05, 0) is 30.7 Å². The Morgan fingerprint density at radius 1 is 1.40 bits per heavy atom. The molecule has 1 amide bonds. The van der Waals surface area contributed by atoms with E-state index in [1.165, 1.54) is 18.6 Å². The summed E-state index contributed by atoms with van der Waals surface area (Å²) in [6.45, 7) is 0.804. The molecule has 0 spiro atoms. The molecule has 80 valence electrons. The Bertz CT molecular complexity index is 320. The summed E-state index contributed by atoms with van der Waals surface area (Å²) < 4.78 is 0. The van der Waals surface area contributed by atoms with Gasteiger partial charge >= 0.3 is 0 Å². The quantitative estimate of drug-likeness (QED) is 0.848. The van der Waals surface area contributed by atoms with Crippen molar-refractivity contribution in [1.82, 2.24) is 5.32 Å². The summed E-state index contributed by atoms with van der Waals surface area (Å²) in [5.74, 6) is 1.29. The highest BCUT2D eigenvalue weighted by Gasteiger charge is 2.16. The number of amides is 1. The average molecular weight is 221 g/mol. The zero-order valence-corrected chi connectivity index (χ0v) is 9.43. The molecule has 3 heteroatoms. The Balaban J connectivity index is 1.82. The third kappa shape index (κ3) is 2.99. The van der Waals surface area contributed by atoms with Gasteiger partial charge in [-0.2, -0.15) is 11.8 Å². The topological polar surface area (TPSA) is 29.1 Å². The van der Waals surface area contributed by atoms with Gasteiger partial charge in [0.1, 0.15) is 0 Å². The van der Waals surface area contributed by atoms with Crippen molar-refractivity contribution < 1.29 is 4.79 Å². The van der Waals surface area contributed by atoms with Crippen LogP contribution >= 0.6 is 11.8 Å². The summed E-state index contributed by atoms with van der Waals surface area (Å²) in [6, 6.07) is 9.39. The lowest BCUT2D eigenvalue weighted by Gasteiger charge is -2.09. The minimum atomic E-state index is 0.0445. The molecule has 0 unspecified atom stereocenters. The third-order valence-electron chi connectivity index (χ3n) is 2.55. The van der Waals surface area contributed by atoms with Gasteiger partial charge in [0.2, 0.25) is 0 Å². The fraction of sp³-hybridized carbons (Fsp3) is 0.417. The summed E-state index contributed by atoms with van der Waals surface area (Å²) >= 11 is 1.96. The Labute approximate surface area is 94.4 Å². The average Bonchev–Trinajstić information content (AvgIpc) is 2.80. The van der Waals surface area contributed by atoms with Crippen LogP contribution in [0.1, 0.15) is 23.2 Å². The summed E-state index contributed by atoms with van der Waals surface area (Å²) in [7, 11) is 0. The van der Waals surface area contributed by atoms with Gasteiger partial charge in [-0.25, -0.2) is 0 Å². The van der Waals surface area contributed by atoms with Crippen LogP contribution in [0, 0.1) is 0 Å². The summed E-state index contributed by atoms with van der Waals surface area (Å²) in [4.78, 5) is 11.7. The van der Waals surface area contributed by atoms with E-state index in [4.69, 9.17) is 0 Å². The van der Waals surface area contributed by atoms with Crippen molar-refractivity contribution in [2.24, 2.45) is 0 Å². The maximum absolute atomic E-state index is 11.7. The number of nitrogens with one attached hydrogen (secondary N) is 1. The standard InChI is InChI=1S/C12H15NOS/c14-12(10-5-2-1-3-6-10)13-9-11-7-4-8-15-11/h1-3,5-6,11H,4,7-9H2,(H,13,14)/t11-/m1/s1. The van der Waals surface area contributed by atoms with Gasteiger partial charge < -0.3 is 5.32 Å². The Morgan fingerprint density at radius 2 is 2.20 bits per heavy atom. The molecule has 1 aliphatic rings. The van der Waals surface area contributed by atoms with Gasteiger partial charge in [0.25, 0.3) is 5.91 Å². The van der Waals surface area contributed by atoms with Crippen LogP contribution in [0.4, 0.5) is 0 Å². The number of hydrogen-bond donors (Lipinski definition) is 1. The Morgan fingerprint density at radius 3 is 2.87 bits per heavy atom. The summed E-state index contributed by atoms with van der Waals surface area (Å²) in [5.41, 5.74) is 0.750. The van der Waals surface area contributed by atoms with E-state index in [-0.39, 0.29) is 5.91 Å². The van der Waals surface area contributed by atoms with Crippen molar-refractivity contribution in [3.8, 4) is 0 Å². The number of carbonyl (C=O) groups excluding carboxylic acids is 1. The molecule has 15 heavy (non-hydrogen) atoms. The number of benzene rings is 1. The minimum absolute atomic E-state index is 0.0445. The molecule has 1 aromatic carbocycles. The molecule has 0 aromatic heterocycles.